The lowest BCUT2D eigenvalue weighted by atomic mass is 9.91. The highest BCUT2D eigenvalue weighted by molar-refractivity contribution is 5.93. The summed E-state index contributed by atoms with van der Waals surface area (Å²) in [6.45, 7) is 4.76. The van der Waals surface area contributed by atoms with E-state index in [0.717, 1.165) is 18.5 Å². The molecule has 1 fully saturated rings. The van der Waals surface area contributed by atoms with Gasteiger partial charge < -0.3 is 10.2 Å². The van der Waals surface area contributed by atoms with E-state index in [1.54, 1.807) is 0 Å². The van der Waals surface area contributed by atoms with Gasteiger partial charge in [0.25, 0.3) is 0 Å². The van der Waals surface area contributed by atoms with E-state index in [4.69, 9.17) is 0 Å². The van der Waals surface area contributed by atoms with Crippen molar-refractivity contribution in [3.05, 3.63) is 30.3 Å². The van der Waals surface area contributed by atoms with E-state index in [0.29, 0.717) is 6.67 Å². The molecule has 1 N–H and O–H groups in total. The Morgan fingerprint density at radius 2 is 1.88 bits per heavy atom. The maximum Gasteiger partial charge on any atom is 0.247 e. The van der Waals surface area contributed by atoms with Gasteiger partial charge in [0, 0.05) is 5.69 Å². The fourth-order valence-electron chi connectivity index (χ4n) is 2.49. The quantitative estimate of drug-likeness (QED) is 0.843. The number of hydrogen-bond donors (Lipinski definition) is 1. The van der Waals surface area contributed by atoms with Gasteiger partial charge in [0.05, 0.1) is 6.67 Å². The summed E-state index contributed by atoms with van der Waals surface area (Å²) >= 11 is 0. The summed E-state index contributed by atoms with van der Waals surface area (Å²) < 4.78 is 0. The molecule has 0 aromatic heterocycles. The molecular weight excluding hydrogens is 200 g/mol. The van der Waals surface area contributed by atoms with Crippen LogP contribution >= 0.6 is 0 Å². The number of hydrogen-bond acceptors (Lipinski definition) is 2. The van der Waals surface area contributed by atoms with Gasteiger partial charge in [0.2, 0.25) is 5.91 Å². The number of carbonyl (C=O) groups excluding carboxylic acids is 1. The van der Waals surface area contributed by atoms with Crippen LogP contribution in [0.2, 0.25) is 0 Å². The predicted molar refractivity (Wildman–Crippen MR) is 65.2 cm³/mol. The van der Waals surface area contributed by atoms with E-state index >= 15 is 0 Å². The number of carbonyl (C=O) groups is 1. The second kappa shape index (κ2) is 4.16. The SMILES string of the molecule is CCC1(CC)C(=O)NCN1c1ccccc1. The molecule has 0 atom stereocenters. The van der Waals surface area contributed by atoms with Crippen LogP contribution in [-0.4, -0.2) is 18.1 Å². The Bertz CT molecular complexity index is 371. The molecular formula is C13H18N2O. The Kier molecular flexibility index (Phi) is 2.86. The first-order valence-corrected chi connectivity index (χ1v) is 5.85. The van der Waals surface area contributed by atoms with Crippen LogP contribution in [-0.2, 0) is 4.79 Å². The number of amides is 1. The minimum Gasteiger partial charge on any atom is -0.339 e. The molecule has 0 radical (unpaired) electrons. The molecule has 0 aliphatic carbocycles. The molecule has 3 heteroatoms. The second-order valence-electron chi connectivity index (χ2n) is 4.17. The van der Waals surface area contributed by atoms with E-state index < -0.39 is 0 Å². The first kappa shape index (κ1) is 11.0. The van der Waals surface area contributed by atoms with E-state index in [9.17, 15) is 4.79 Å². The molecule has 0 spiro atoms. The van der Waals surface area contributed by atoms with E-state index in [1.807, 2.05) is 18.2 Å². The van der Waals surface area contributed by atoms with Crippen LogP contribution in [0.1, 0.15) is 26.7 Å². The Morgan fingerprint density at radius 3 is 2.44 bits per heavy atom. The third-order valence-electron chi connectivity index (χ3n) is 3.57. The van der Waals surface area contributed by atoms with E-state index in [1.165, 1.54) is 0 Å². The first-order chi connectivity index (χ1) is 7.74. The molecule has 1 aliphatic rings. The lowest BCUT2D eigenvalue weighted by Gasteiger charge is -2.35. The van der Waals surface area contributed by atoms with Crippen LogP contribution in [0.3, 0.4) is 0 Å². The summed E-state index contributed by atoms with van der Waals surface area (Å²) in [5.74, 6) is 0.154. The fourth-order valence-corrected chi connectivity index (χ4v) is 2.49. The number of rotatable bonds is 3. The number of para-hydroxylation sites is 1. The van der Waals surface area contributed by atoms with Gasteiger partial charge in [-0.25, -0.2) is 0 Å². The topological polar surface area (TPSA) is 32.3 Å². The smallest absolute Gasteiger partial charge is 0.247 e. The van der Waals surface area contributed by atoms with Crippen LogP contribution < -0.4 is 10.2 Å². The van der Waals surface area contributed by atoms with E-state index in [-0.39, 0.29) is 11.4 Å². The van der Waals surface area contributed by atoms with Crippen LogP contribution in [0.5, 0.6) is 0 Å². The summed E-state index contributed by atoms with van der Waals surface area (Å²) in [6.07, 6.45) is 1.68. The monoisotopic (exact) mass is 218 g/mol. The number of anilines is 1. The minimum atomic E-state index is -0.360. The van der Waals surface area contributed by atoms with Crippen molar-refractivity contribution in [2.24, 2.45) is 0 Å². The lowest BCUT2D eigenvalue weighted by Crippen LogP contribution is -2.48. The molecule has 3 nitrogen and oxygen atoms in total. The maximum absolute atomic E-state index is 12.0. The standard InChI is InChI=1S/C13H18N2O/c1-3-13(4-2)12(16)14-10-15(13)11-8-6-5-7-9-11/h5-9H,3-4,10H2,1-2H3,(H,14,16). The Labute approximate surface area is 96.5 Å². The highest BCUT2D eigenvalue weighted by Crippen LogP contribution is 2.32. The fraction of sp³-hybridized carbons (Fsp3) is 0.462. The summed E-state index contributed by atoms with van der Waals surface area (Å²) in [5.41, 5.74) is 0.756. The van der Waals surface area contributed by atoms with Crippen molar-refractivity contribution in [1.82, 2.24) is 5.32 Å². The molecule has 1 saturated heterocycles. The second-order valence-corrected chi connectivity index (χ2v) is 4.17. The third kappa shape index (κ3) is 1.47. The van der Waals surface area contributed by atoms with Crippen molar-refractivity contribution in [3.63, 3.8) is 0 Å². The third-order valence-corrected chi connectivity index (χ3v) is 3.57. The van der Waals surface area contributed by atoms with E-state index in [2.05, 4.69) is 36.2 Å². The molecule has 1 aromatic rings. The molecule has 2 rings (SSSR count). The summed E-state index contributed by atoms with van der Waals surface area (Å²) in [7, 11) is 0. The zero-order valence-electron chi connectivity index (χ0n) is 9.86. The summed E-state index contributed by atoms with van der Waals surface area (Å²) in [4.78, 5) is 14.2. The normalized spacial score (nSPS) is 18.6. The van der Waals surface area contributed by atoms with Gasteiger partial charge >= 0.3 is 0 Å². The number of benzene rings is 1. The van der Waals surface area contributed by atoms with Crippen LogP contribution in [0.15, 0.2) is 30.3 Å². The van der Waals surface area contributed by atoms with Crippen LogP contribution in [0.25, 0.3) is 0 Å². The van der Waals surface area contributed by atoms with Crippen molar-refractivity contribution < 1.29 is 4.79 Å². The highest BCUT2D eigenvalue weighted by atomic mass is 16.2. The Morgan fingerprint density at radius 1 is 1.25 bits per heavy atom. The van der Waals surface area contributed by atoms with Crippen LogP contribution in [0, 0.1) is 0 Å². The van der Waals surface area contributed by atoms with Crippen molar-refractivity contribution in [3.8, 4) is 0 Å². The molecule has 86 valence electrons. The van der Waals surface area contributed by atoms with Crippen molar-refractivity contribution in [1.29, 1.82) is 0 Å². The maximum atomic E-state index is 12.0. The predicted octanol–water partition coefficient (Wildman–Crippen LogP) is 2.14. The van der Waals surface area contributed by atoms with Crippen molar-refractivity contribution in [2.45, 2.75) is 32.2 Å². The number of nitrogens with one attached hydrogen (secondary N) is 1. The average molecular weight is 218 g/mol. The van der Waals surface area contributed by atoms with Gasteiger partial charge in [-0.3, -0.25) is 4.79 Å². The van der Waals surface area contributed by atoms with Crippen LogP contribution in [0.4, 0.5) is 5.69 Å². The minimum absolute atomic E-state index is 0.154. The molecule has 16 heavy (non-hydrogen) atoms. The summed E-state index contributed by atoms with van der Waals surface area (Å²) in [5, 5.41) is 2.95. The molecule has 0 saturated carbocycles. The lowest BCUT2D eigenvalue weighted by molar-refractivity contribution is -0.123. The van der Waals surface area contributed by atoms with Gasteiger partial charge in [0.15, 0.2) is 0 Å². The van der Waals surface area contributed by atoms with Gasteiger partial charge in [-0.05, 0) is 25.0 Å². The van der Waals surface area contributed by atoms with Gasteiger partial charge in [0.1, 0.15) is 5.54 Å². The van der Waals surface area contributed by atoms with Gasteiger partial charge in [-0.2, -0.15) is 0 Å². The number of nitrogens with zero attached hydrogens (tertiary/aromatic N) is 1. The van der Waals surface area contributed by atoms with Gasteiger partial charge in [-0.1, -0.05) is 32.0 Å². The van der Waals surface area contributed by atoms with Crippen molar-refractivity contribution >= 4 is 11.6 Å². The molecule has 1 aromatic carbocycles. The van der Waals surface area contributed by atoms with Crippen molar-refractivity contribution in [2.75, 3.05) is 11.6 Å². The molecule has 1 amide bonds. The molecule has 1 aliphatic heterocycles. The Hall–Kier alpha value is -1.51. The zero-order chi connectivity index (χ0) is 11.6. The summed E-state index contributed by atoms with van der Waals surface area (Å²) in [6, 6.07) is 10.1. The molecule has 0 bridgehead atoms. The Balaban J connectivity index is 2.38. The highest BCUT2D eigenvalue weighted by Gasteiger charge is 2.45. The van der Waals surface area contributed by atoms with Gasteiger partial charge in [-0.15, -0.1) is 0 Å². The first-order valence-electron chi connectivity index (χ1n) is 5.85. The zero-order valence-corrected chi connectivity index (χ0v) is 9.86. The molecule has 0 unspecified atom stereocenters. The largest absolute Gasteiger partial charge is 0.339 e. The average Bonchev–Trinajstić information content (AvgIpc) is 2.68. The molecule has 1 heterocycles.